The molecule has 7 nitrogen and oxygen atoms in total. The van der Waals surface area contributed by atoms with Crippen molar-refractivity contribution in [2.75, 3.05) is 13.2 Å². The number of carbonyl (C=O) groups excluding carboxylic acids is 1. The number of nitrogens with zero attached hydrogens (tertiary/aromatic N) is 1. The molecule has 130 valence electrons. The molecule has 0 amide bonds. The normalized spacial score (nSPS) is 21.0. The number of benzene rings is 1. The Labute approximate surface area is 144 Å². The van der Waals surface area contributed by atoms with Crippen molar-refractivity contribution >= 4 is 33.6 Å². The molecule has 24 heavy (non-hydrogen) atoms. The predicted octanol–water partition coefficient (Wildman–Crippen LogP) is 1.90. The number of cyclic esters (lactones) is 1. The molecule has 1 spiro atoms. The summed E-state index contributed by atoms with van der Waals surface area (Å²) in [6.07, 6.45) is 2.23. The number of rotatable bonds is 3. The topological polar surface area (TPSA) is 101 Å². The second-order valence-corrected chi connectivity index (χ2v) is 8.14. The van der Waals surface area contributed by atoms with Crippen LogP contribution in [-0.2, 0) is 19.6 Å². The first-order chi connectivity index (χ1) is 11.3. The molecule has 0 aromatic heterocycles. The second-order valence-electron chi connectivity index (χ2n) is 5.90. The number of carboxylic acids is 1. The SMILES string of the molecule is O=C(O)c1ccc(Cl)c(S(=O)(=O)N2CCOC(=O)C23CCCC3)c1. The molecule has 2 aliphatic rings. The third-order valence-electron chi connectivity index (χ3n) is 4.56. The summed E-state index contributed by atoms with van der Waals surface area (Å²) in [6.45, 7) is -0.00223. The first-order valence-corrected chi connectivity index (χ1v) is 9.34. The fraction of sp³-hybridized carbons (Fsp3) is 0.467. The molecule has 1 aliphatic carbocycles. The number of aromatic carboxylic acids is 1. The van der Waals surface area contributed by atoms with Crippen molar-refractivity contribution in [3.8, 4) is 0 Å². The summed E-state index contributed by atoms with van der Waals surface area (Å²) < 4.78 is 32.5. The average molecular weight is 374 g/mol. The van der Waals surface area contributed by atoms with Crippen molar-refractivity contribution in [2.24, 2.45) is 0 Å². The van der Waals surface area contributed by atoms with Crippen LogP contribution in [-0.4, -0.2) is 48.5 Å². The van der Waals surface area contributed by atoms with E-state index in [4.69, 9.17) is 21.4 Å². The Morgan fingerprint density at radius 1 is 1.29 bits per heavy atom. The Kier molecular flexibility index (Phi) is 4.31. The monoisotopic (exact) mass is 373 g/mol. The lowest BCUT2D eigenvalue weighted by Crippen LogP contribution is -2.60. The van der Waals surface area contributed by atoms with Gasteiger partial charge >= 0.3 is 11.9 Å². The molecular formula is C15H16ClNO6S. The van der Waals surface area contributed by atoms with Crippen LogP contribution >= 0.6 is 11.6 Å². The number of morpholine rings is 1. The third kappa shape index (κ3) is 2.58. The summed E-state index contributed by atoms with van der Waals surface area (Å²) in [4.78, 5) is 23.2. The van der Waals surface area contributed by atoms with Gasteiger partial charge in [0.25, 0.3) is 0 Å². The molecule has 1 N–H and O–H groups in total. The van der Waals surface area contributed by atoms with E-state index in [1.54, 1.807) is 0 Å². The standard InChI is InChI=1S/C15H16ClNO6S/c16-11-4-3-10(13(18)19)9-12(11)24(21,22)17-7-8-23-14(20)15(17)5-1-2-6-15/h3-4,9H,1-2,5-8H2,(H,18,19). The van der Waals surface area contributed by atoms with Gasteiger partial charge in [0.2, 0.25) is 10.0 Å². The van der Waals surface area contributed by atoms with E-state index >= 15 is 0 Å². The number of hydrogen-bond donors (Lipinski definition) is 1. The molecule has 1 saturated heterocycles. The first-order valence-electron chi connectivity index (χ1n) is 7.52. The minimum Gasteiger partial charge on any atom is -0.478 e. The number of sulfonamides is 1. The summed E-state index contributed by atoms with van der Waals surface area (Å²) in [7, 11) is -4.14. The van der Waals surface area contributed by atoms with E-state index in [-0.39, 0.29) is 28.6 Å². The van der Waals surface area contributed by atoms with E-state index in [1.165, 1.54) is 12.1 Å². The van der Waals surface area contributed by atoms with Crippen molar-refractivity contribution in [2.45, 2.75) is 36.1 Å². The van der Waals surface area contributed by atoms with Crippen LogP contribution < -0.4 is 0 Å². The average Bonchev–Trinajstić information content (AvgIpc) is 3.00. The molecule has 1 aromatic rings. The zero-order valence-corrected chi connectivity index (χ0v) is 14.3. The van der Waals surface area contributed by atoms with Gasteiger partial charge < -0.3 is 9.84 Å². The van der Waals surface area contributed by atoms with Crippen LogP contribution in [0.2, 0.25) is 5.02 Å². The van der Waals surface area contributed by atoms with Gasteiger partial charge in [-0.15, -0.1) is 0 Å². The lowest BCUT2D eigenvalue weighted by molar-refractivity contribution is -0.162. The van der Waals surface area contributed by atoms with Gasteiger partial charge in [0.15, 0.2) is 0 Å². The number of carboxylic acid groups (broad SMARTS) is 1. The van der Waals surface area contributed by atoms with Gasteiger partial charge in [-0.2, -0.15) is 4.31 Å². The highest BCUT2D eigenvalue weighted by atomic mass is 35.5. The van der Waals surface area contributed by atoms with Gasteiger partial charge in [0.05, 0.1) is 10.6 Å². The summed E-state index contributed by atoms with van der Waals surface area (Å²) in [5.74, 6) is -1.79. The van der Waals surface area contributed by atoms with Crippen LogP contribution in [0.5, 0.6) is 0 Å². The maximum atomic E-state index is 13.1. The zero-order valence-electron chi connectivity index (χ0n) is 12.7. The van der Waals surface area contributed by atoms with Crippen molar-refractivity contribution in [1.29, 1.82) is 0 Å². The minimum atomic E-state index is -4.14. The zero-order chi connectivity index (χ0) is 17.5. The summed E-state index contributed by atoms with van der Waals surface area (Å²) >= 11 is 6.02. The van der Waals surface area contributed by atoms with Crippen molar-refractivity contribution in [1.82, 2.24) is 4.31 Å². The number of halogens is 1. The van der Waals surface area contributed by atoms with E-state index < -0.39 is 27.5 Å². The fourth-order valence-electron chi connectivity index (χ4n) is 3.39. The second kappa shape index (κ2) is 6.02. The Hall–Kier alpha value is -1.64. The Balaban J connectivity index is 2.11. The maximum Gasteiger partial charge on any atom is 0.335 e. The van der Waals surface area contributed by atoms with Crippen LogP contribution in [0.25, 0.3) is 0 Å². The Morgan fingerprint density at radius 2 is 1.96 bits per heavy atom. The van der Waals surface area contributed by atoms with E-state index in [0.717, 1.165) is 23.2 Å². The highest BCUT2D eigenvalue weighted by Gasteiger charge is 2.54. The predicted molar refractivity (Wildman–Crippen MR) is 84.5 cm³/mol. The summed E-state index contributed by atoms with van der Waals surface area (Å²) in [6, 6.07) is 3.50. The lowest BCUT2D eigenvalue weighted by atomic mass is 9.97. The molecule has 0 radical (unpaired) electrons. The number of ether oxygens (including phenoxy) is 1. The molecule has 9 heteroatoms. The Morgan fingerprint density at radius 3 is 2.58 bits per heavy atom. The smallest absolute Gasteiger partial charge is 0.335 e. The van der Waals surface area contributed by atoms with Gasteiger partial charge in [-0.25, -0.2) is 13.2 Å². The van der Waals surface area contributed by atoms with Gasteiger partial charge in [0.1, 0.15) is 17.0 Å². The molecule has 1 heterocycles. The molecule has 0 unspecified atom stereocenters. The van der Waals surface area contributed by atoms with Gasteiger partial charge in [0, 0.05) is 6.54 Å². The molecule has 0 atom stereocenters. The maximum absolute atomic E-state index is 13.1. The quantitative estimate of drug-likeness (QED) is 0.812. The summed E-state index contributed by atoms with van der Waals surface area (Å²) in [5, 5.41) is 9.02. The molecule has 1 aromatic carbocycles. The van der Waals surface area contributed by atoms with E-state index in [2.05, 4.69) is 0 Å². The van der Waals surface area contributed by atoms with Gasteiger partial charge in [-0.3, -0.25) is 4.79 Å². The van der Waals surface area contributed by atoms with Crippen molar-refractivity contribution < 1.29 is 27.9 Å². The van der Waals surface area contributed by atoms with E-state index in [0.29, 0.717) is 12.8 Å². The minimum absolute atomic E-state index is 0.0295. The number of carbonyl (C=O) groups is 2. The highest BCUT2D eigenvalue weighted by molar-refractivity contribution is 7.89. The molecule has 2 fully saturated rings. The van der Waals surface area contributed by atoms with Crippen LogP contribution in [0, 0.1) is 0 Å². The number of hydrogen-bond acceptors (Lipinski definition) is 5. The highest BCUT2D eigenvalue weighted by Crippen LogP contribution is 2.42. The molecule has 1 aliphatic heterocycles. The van der Waals surface area contributed by atoms with Crippen molar-refractivity contribution in [3.63, 3.8) is 0 Å². The van der Waals surface area contributed by atoms with Crippen LogP contribution in [0.3, 0.4) is 0 Å². The molecule has 0 bridgehead atoms. The lowest BCUT2D eigenvalue weighted by Gasteiger charge is -2.41. The molecule has 1 saturated carbocycles. The first kappa shape index (κ1) is 17.2. The van der Waals surface area contributed by atoms with Crippen molar-refractivity contribution in [3.05, 3.63) is 28.8 Å². The van der Waals surface area contributed by atoms with Gasteiger partial charge in [-0.05, 0) is 31.0 Å². The van der Waals surface area contributed by atoms with E-state index in [1.807, 2.05) is 0 Å². The van der Waals surface area contributed by atoms with Gasteiger partial charge in [-0.1, -0.05) is 24.4 Å². The summed E-state index contributed by atoms with van der Waals surface area (Å²) in [5.41, 5.74) is -1.39. The van der Waals surface area contributed by atoms with Crippen LogP contribution in [0.15, 0.2) is 23.1 Å². The third-order valence-corrected chi connectivity index (χ3v) is 7.01. The van der Waals surface area contributed by atoms with Crippen LogP contribution in [0.1, 0.15) is 36.0 Å². The fourth-order valence-corrected chi connectivity index (χ4v) is 5.66. The molecule has 3 rings (SSSR count). The Bertz CT molecular complexity index is 800. The largest absolute Gasteiger partial charge is 0.478 e. The molecular weight excluding hydrogens is 358 g/mol. The van der Waals surface area contributed by atoms with Crippen LogP contribution in [0.4, 0.5) is 0 Å². The number of esters is 1. The van der Waals surface area contributed by atoms with E-state index in [9.17, 15) is 18.0 Å².